The van der Waals surface area contributed by atoms with Crippen LogP contribution in [0.15, 0.2) is 53.5 Å². The van der Waals surface area contributed by atoms with Crippen LogP contribution in [0.4, 0.5) is 11.4 Å². The van der Waals surface area contributed by atoms with Crippen LogP contribution in [0.1, 0.15) is 10.4 Å². The van der Waals surface area contributed by atoms with Crippen molar-refractivity contribution in [2.45, 2.75) is 11.3 Å². The molecule has 28 heavy (non-hydrogen) atoms. The van der Waals surface area contributed by atoms with Crippen LogP contribution in [-0.4, -0.2) is 49.4 Å². The quantitative estimate of drug-likeness (QED) is 0.794. The number of benzene rings is 2. The van der Waals surface area contributed by atoms with Gasteiger partial charge in [0.25, 0.3) is 5.91 Å². The Labute approximate surface area is 167 Å². The molecule has 2 atom stereocenters. The molecule has 2 N–H and O–H groups in total. The molecule has 4 rings (SSSR count). The number of methoxy groups -OCH3 is 1. The summed E-state index contributed by atoms with van der Waals surface area (Å²) in [5.41, 5.74) is 1.81. The van der Waals surface area contributed by atoms with Crippen molar-refractivity contribution in [3.05, 3.63) is 54.1 Å². The van der Waals surface area contributed by atoms with Crippen molar-refractivity contribution in [2.75, 3.05) is 29.2 Å². The number of ether oxygens (including phenoxy) is 1. The number of hydrogen-bond acceptors (Lipinski definition) is 7. The Balaban J connectivity index is 1.46. The molecule has 2 aliphatic heterocycles. The van der Waals surface area contributed by atoms with Crippen LogP contribution in [-0.2, 0) is 9.84 Å². The third-order valence-electron chi connectivity index (χ3n) is 4.55. The van der Waals surface area contributed by atoms with Crippen molar-refractivity contribution in [2.24, 2.45) is 4.99 Å². The van der Waals surface area contributed by atoms with Crippen LogP contribution >= 0.6 is 11.8 Å². The lowest BCUT2D eigenvalue weighted by molar-refractivity contribution is 0.102. The number of carbonyl (C=O) groups excluding carboxylic acids is 1. The fourth-order valence-corrected chi connectivity index (χ4v) is 6.90. The first-order valence-corrected chi connectivity index (χ1v) is 11.4. The van der Waals surface area contributed by atoms with Gasteiger partial charge in [0.2, 0.25) is 0 Å². The number of para-hydroxylation sites is 2. The number of aliphatic imine (C=N–C) groups is 1. The number of thioether (sulfide) groups is 1. The standard InChI is InChI=1S/C19H19N3O4S2/c1-26-16-8-3-2-7-14(16)21-18(23)12-5-4-6-13(9-12)20-19-22-15-10-28(24,25)11-17(15)27-19/h2-9,15,17H,10-11H2,1H3,(H,20,22)(H,21,23)/t15-,17-/m1/s1. The summed E-state index contributed by atoms with van der Waals surface area (Å²) in [6.07, 6.45) is 0. The third kappa shape index (κ3) is 4.00. The van der Waals surface area contributed by atoms with Gasteiger partial charge in [-0.25, -0.2) is 8.42 Å². The van der Waals surface area contributed by atoms with Gasteiger partial charge in [-0.2, -0.15) is 0 Å². The molecule has 146 valence electrons. The molecule has 2 aromatic rings. The average Bonchev–Trinajstić information content (AvgIpc) is 3.14. The Hall–Kier alpha value is -2.52. The van der Waals surface area contributed by atoms with Gasteiger partial charge in [0, 0.05) is 16.5 Å². The van der Waals surface area contributed by atoms with Crippen molar-refractivity contribution in [3.63, 3.8) is 0 Å². The maximum Gasteiger partial charge on any atom is 0.255 e. The maximum atomic E-state index is 12.6. The topological polar surface area (TPSA) is 96.9 Å². The van der Waals surface area contributed by atoms with Crippen LogP contribution in [0.25, 0.3) is 0 Å². The van der Waals surface area contributed by atoms with E-state index in [1.807, 2.05) is 18.2 Å². The highest BCUT2D eigenvalue weighted by Gasteiger charge is 2.42. The molecule has 0 aromatic heterocycles. The highest BCUT2D eigenvalue weighted by atomic mass is 32.2. The minimum atomic E-state index is -2.97. The fourth-order valence-electron chi connectivity index (χ4n) is 3.22. The van der Waals surface area contributed by atoms with Gasteiger partial charge < -0.3 is 15.4 Å². The third-order valence-corrected chi connectivity index (χ3v) is 7.69. The van der Waals surface area contributed by atoms with Crippen molar-refractivity contribution >= 4 is 44.0 Å². The van der Waals surface area contributed by atoms with Crippen molar-refractivity contribution in [1.82, 2.24) is 0 Å². The zero-order chi connectivity index (χ0) is 19.7. The molecule has 0 bridgehead atoms. The van der Waals surface area contributed by atoms with Gasteiger partial charge in [0.05, 0.1) is 30.3 Å². The first-order valence-electron chi connectivity index (χ1n) is 8.70. The van der Waals surface area contributed by atoms with Crippen molar-refractivity contribution in [3.8, 4) is 5.75 Å². The van der Waals surface area contributed by atoms with E-state index in [0.29, 0.717) is 22.2 Å². The number of fused-ring (bicyclic) bond motifs is 1. The molecule has 0 saturated carbocycles. The first kappa shape index (κ1) is 18.8. The Morgan fingerprint density at radius 1 is 1.18 bits per heavy atom. The lowest BCUT2D eigenvalue weighted by Crippen LogP contribution is -2.14. The molecule has 0 radical (unpaired) electrons. The largest absolute Gasteiger partial charge is 0.495 e. The van der Waals surface area contributed by atoms with Crippen LogP contribution in [0.2, 0.25) is 0 Å². The van der Waals surface area contributed by atoms with Gasteiger partial charge in [-0.1, -0.05) is 30.0 Å². The number of hydrogen-bond donors (Lipinski definition) is 2. The lowest BCUT2D eigenvalue weighted by Gasteiger charge is -2.11. The molecule has 2 aromatic carbocycles. The number of amidine groups is 1. The van der Waals surface area contributed by atoms with E-state index in [9.17, 15) is 13.2 Å². The molecule has 1 fully saturated rings. The molecule has 0 spiro atoms. The van der Waals surface area contributed by atoms with E-state index in [2.05, 4.69) is 15.6 Å². The highest BCUT2D eigenvalue weighted by Crippen LogP contribution is 2.34. The van der Waals surface area contributed by atoms with E-state index in [1.54, 1.807) is 37.4 Å². The summed E-state index contributed by atoms with van der Waals surface area (Å²) in [5, 5.41) is 6.70. The summed E-state index contributed by atoms with van der Waals surface area (Å²) in [6, 6.07) is 14.1. The van der Waals surface area contributed by atoms with E-state index < -0.39 is 9.84 Å². The molecular formula is C19H19N3O4S2. The van der Waals surface area contributed by atoms with Crippen molar-refractivity contribution < 1.29 is 17.9 Å². The smallest absolute Gasteiger partial charge is 0.255 e. The molecule has 0 unspecified atom stereocenters. The summed E-state index contributed by atoms with van der Waals surface area (Å²) >= 11 is 1.44. The van der Waals surface area contributed by atoms with E-state index >= 15 is 0 Å². The fraction of sp³-hybridized carbons (Fsp3) is 0.263. The Morgan fingerprint density at radius 3 is 2.79 bits per heavy atom. The highest BCUT2D eigenvalue weighted by molar-refractivity contribution is 8.15. The zero-order valence-corrected chi connectivity index (χ0v) is 16.7. The van der Waals surface area contributed by atoms with Gasteiger partial charge in [-0.15, -0.1) is 0 Å². The summed E-state index contributed by atoms with van der Waals surface area (Å²) in [6.45, 7) is 0. The number of sulfone groups is 1. The van der Waals surface area contributed by atoms with Crippen LogP contribution in [0.3, 0.4) is 0 Å². The summed E-state index contributed by atoms with van der Waals surface area (Å²) in [5.74, 6) is 0.607. The van der Waals surface area contributed by atoms with Gasteiger partial charge >= 0.3 is 0 Å². The number of amides is 1. The van der Waals surface area contributed by atoms with E-state index in [0.717, 1.165) is 5.69 Å². The van der Waals surface area contributed by atoms with E-state index in [4.69, 9.17) is 4.74 Å². The second-order valence-electron chi connectivity index (χ2n) is 6.60. The molecule has 1 amide bonds. The Bertz CT molecular complexity index is 1050. The number of rotatable bonds is 4. The Morgan fingerprint density at radius 2 is 2.00 bits per heavy atom. The molecule has 1 saturated heterocycles. The average molecular weight is 418 g/mol. The normalized spacial score (nSPS) is 22.2. The summed E-state index contributed by atoms with van der Waals surface area (Å²) in [4.78, 5) is 17.1. The maximum absolute atomic E-state index is 12.6. The van der Waals surface area contributed by atoms with E-state index in [1.165, 1.54) is 11.8 Å². The molecule has 2 aliphatic rings. The molecule has 0 aliphatic carbocycles. The number of nitrogens with one attached hydrogen (secondary N) is 2. The molecule has 2 heterocycles. The Kier molecular flexibility index (Phi) is 5.03. The zero-order valence-electron chi connectivity index (χ0n) is 15.1. The van der Waals surface area contributed by atoms with Crippen LogP contribution in [0, 0.1) is 0 Å². The molecule has 7 nitrogen and oxygen atoms in total. The second kappa shape index (κ2) is 7.48. The lowest BCUT2D eigenvalue weighted by atomic mass is 10.2. The van der Waals surface area contributed by atoms with Crippen LogP contribution in [0.5, 0.6) is 5.75 Å². The van der Waals surface area contributed by atoms with Gasteiger partial charge in [0.15, 0.2) is 15.0 Å². The number of carbonyl (C=O) groups is 1. The van der Waals surface area contributed by atoms with Gasteiger partial charge in [-0.05, 0) is 30.3 Å². The van der Waals surface area contributed by atoms with E-state index in [-0.39, 0.29) is 28.7 Å². The molecular weight excluding hydrogens is 398 g/mol. The number of nitrogens with zero attached hydrogens (tertiary/aromatic N) is 1. The predicted octanol–water partition coefficient (Wildman–Crippen LogP) is 2.63. The van der Waals surface area contributed by atoms with Crippen LogP contribution < -0.4 is 15.4 Å². The van der Waals surface area contributed by atoms with Gasteiger partial charge in [0.1, 0.15) is 5.75 Å². The van der Waals surface area contributed by atoms with Crippen molar-refractivity contribution in [1.29, 1.82) is 0 Å². The summed E-state index contributed by atoms with van der Waals surface area (Å²) in [7, 11) is -1.42. The molecule has 9 heteroatoms. The number of anilines is 2. The monoisotopic (exact) mass is 417 g/mol. The minimum Gasteiger partial charge on any atom is -0.495 e. The SMILES string of the molecule is COc1ccccc1NC(=O)c1cccc(NC2=N[C@@H]3CS(=O)(=O)C[C@H]3S2)c1. The first-order chi connectivity index (χ1) is 13.4. The van der Waals surface area contributed by atoms with Gasteiger partial charge in [-0.3, -0.25) is 9.79 Å². The minimum absolute atomic E-state index is 0.0236. The second-order valence-corrected chi connectivity index (χ2v) is 9.98. The summed E-state index contributed by atoms with van der Waals surface area (Å²) < 4.78 is 28.6. The predicted molar refractivity (Wildman–Crippen MR) is 112 cm³/mol.